The molecule has 1 aliphatic carbocycles. The standard InChI is InChI=1S/C14H28F2Si/c1-3-4-7-10-13(2)17(15,16)14-11-8-5-6-9-12-14/h13-14H,3-12H2,1-2H3. The molecule has 0 nitrogen and oxygen atoms in total. The van der Waals surface area contributed by atoms with Gasteiger partial charge in [0, 0.05) is 11.1 Å². The van der Waals surface area contributed by atoms with Gasteiger partial charge in [0.25, 0.3) is 0 Å². The number of hydrogen-bond acceptors (Lipinski definition) is 0. The summed E-state index contributed by atoms with van der Waals surface area (Å²) in [6.45, 7) is 3.94. The minimum atomic E-state index is -3.99. The van der Waals surface area contributed by atoms with Crippen molar-refractivity contribution in [2.24, 2.45) is 0 Å². The van der Waals surface area contributed by atoms with Crippen molar-refractivity contribution >= 4 is 8.74 Å². The van der Waals surface area contributed by atoms with E-state index < -0.39 is 8.74 Å². The zero-order valence-electron chi connectivity index (χ0n) is 11.5. The summed E-state index contributed by atoms with van der Waals surface area (Å²) in [6, 6.07) is 0. The first-order chi connectivity index (χ1) is 8.09. The maximum Gasteiger partial charge on any atom is 0.430 e. The van der Waals surface area contributed by atoms with Gasteiger partial charge in [0.2, 0.25) is 0 Å². The van der Waals surface area contributed by atoms with Crippen LogP contribution in [0, 0.1) is 0 Å². The van der Waals surface area contributed by atoms with E-state index in [2.05, 4.69) is 6.92 Å². The first-order valence-corrected chi connectivity index (χ1v) is 9.38. The van der Waals surface area contributed by atoms with Crippen molar-refractivity contribution in [1.82, 2.24) is 0 Å². The number of hydrogen-bond donors (Lipinski definition) is 0. The molecular weight excluding hydrogens is 234 g/mol. The lowest BCUT2D eigenvalue weighted by atomic mass is 10.2. The van der Waals surface area contributed by atoms with E-state index in [0.29, 0.717) is 0 Å². The minimum absolute atomic E-state index is 0.207. The van der Waals surface area contributed by atoms with Crippen LogP contribution < -0.4 is 0 Å². The summed E-state index contributed by atoms with van der Waals surface area (Å²) in [5, 5.41) is 0. The summed E-state index contributed by atoms with van der Waals surface area (Å²) >= 11 is 0. The van der Waals surface area contributed by atoms with Gasteiger partial charge in [0.1, 0.15) is 0 Å². The molecule has 1 atom stereocenters. The van der Waals surface area contributed by atoms with Gasteiger partial charge in [0.05, 0.1) is 0 Å². The average Bonchev–Trinajstić information content (AvgIpc) is 2.58. The Hall–Kier alpha value is 0.0769. The molecule has 0 amide bonds. The molecule has 1 saturated carbocycles. The molecule has 0 aromatic heterocycles. The van der Waals surface area contributed by atoms with Crippen LogP contribution in [0.25, 0.3) is 0 Å². The number of rotatable bonds is 6. The van der Waals surface area contributed by atoms with E-state index in [1.54, 1.807) is 0 Å². The van der Waals surface area contributed by atoms with E-state index in [-0.39, 0.29) is 11.1 Å². The lowest BCUT2D eigenvalue weighted by Crippen LogP contribution is -2.34. The molecule has 0 spiro atoms. The highest BCUT2D eigenvalue weighted by atomic mass is 28.4. The van der Waals surface area contributed by atoms with Crippen LogP contribution in [-0.2, 0) is 0 Å². The van der Waals surface area contributed by atoms with Crippen molar-refractivity contribution in [1.29, 1.82) is 0 Å². The molecule has 17 heavy (non-hydrogen) atoms. The van der Waals surface area contributed by atoms with E-state index in [4.69, 9.17) is 0 Å². The molecule has 0 aromatic rings. The van der Waals surface area contributed by atoms with Crippen LogP contribution in [0.4, 0.5) is 8.22 Å². The van der Waals surface area contributed by atoms with Gasteiger partial charge in [-0.1, -0.05) is 58.8 Å². The summed E-state index contributed by atoms with van der Waals surface area (Å²) in [5.74, 6) is 0. The van der Waals surface area contributed by atoms with Gasteiger partial charge in [-0.2, -0.15) is 0 Å². The molecule has 102 valence electrons. The third-order valence-electron chi connectivity index (χ3n) is 4.30. The molecule has 1 unspecified atom stereocenters. The molecule has 0 aromatic carbocycles. The highest BCUT2D eigenvalue weighted by molar-refractivity contribution is 6.69. The first-order valence-electron chi connectivity index (χ1n) is 7.46. The van der Waals surface area contributed by atoms with Gasteiger partial charge in [-0.25, -0.2) is 0 Å². The van der Waals surface area contributed by atoms with Crippen LogP contribution >= 0.6 is 0 Å². The largest absolute Gasteiger partial charge is 0.430 e. The van der Waals surface area contributed by atoms with E-state index >= 15 is 0 Å². The third kappa shape index (κ3) is 4.68. The van der Waals surface area contributed by atoms with Crippen molar-refractivity contribution in [2.45, 2.75) is 89.1 Å². The fraction of sp³-hybridized carbons (Fsp3) is 1.00. The van der Waals surface area contributed by atoms with Gasteiger partial charge in [-0.15, -0.1) is 0 Å². The molecule has 0 radical (unpaired) electrons. The van der Waals surface area contributed by atoms with E-state index in [0.717, 1.165) is 51.4 Å². The molecule has 0 N–H and O–H groups in total. The molecule has 0 aliphatic heterocycles. The number of unbranched alkanes of at least 4 members (excludes halogenated alkanes) is 2. The Balaban J connectivity index is 2.45. The van der Waals surface area contributed by atoms with Gasteiger partial charge >= 0.3 is 8.74 Å². The highest BCUT2D eigenvalue weighted by Gasteiger charge is 2.48. The SMILES string of the molecule is CCCCCC(C)[Si](F)(F)C1CCCCCC1. The first kappa shape index (κ1) is 15.1. The van der Waals surface area contributed by atoms with E-state index in [1.165, 1.54) is 12.8 Å². The fourth-order valence-electron chi connectivity index (χ4n) is 2.96. The van der Waals surface area contributed by atoms with Crippen molar-refractivity contribution in [2.75, 3.05) is 0 Å². The van der Waals surface area contributed by atoms with Crippen LogP contribution in [0.15, 0.2) is 0 Å². The molecule has 1 rings (SSSR count). The predicted molar refractivity (Wildman–Crippen MR) is 73.0 cm³/mol. The molecule has 0 heterocycles. The Morgan fingerprint density at radius 3 is 2.18 bits per heavy atom. The highest BCUT2D eigenvalue weighted by Crippen LogP contribution is 2.45. The van der Waals surface area contributed by atoms with Gasteiger partial charge < -0.3 is 0 Å². The fourth-order valence-corrected chi connectivity index (χ4v) is 5.53. The summed E-state index contributed by atoms with van der Waals surface area (Å²) in [4.78, 5) is 0. The Labute approximate surface area is 107 Å². The molecule has 0 saturated heterocycles. The second-order valence-corrected chi connectivity index (χ2v) is 8.91. The van der Waals surface area contributed by atoms with E-state index in [9.17, 15) is 8.22 Å². The molecule has 1 fully saturated rings. The third-order valence-corrected chi connectivity index (χ3v) is 7.57. The Morgan fingerprint density at radius 2 is 1.65 bits per heavy atom. The minimum Gasteiger partial charge on any atom is -0.270 e. The second kappa shape index (κ2) is 7.50. The summed E-state index contributed by atoms with van der Waals surface area (Å²) in [5.41, 5.74) is -0.501. The molecule has 0 bridgehead atoms. The summed E-state index contributed by atoms with van der Waals surface area (Å²) in [7, 11) is -3.99. The molecule has 1 aliphatic rings. The van der Waals surface area contributed by atoms with Crippen molar-refractivity contribution in [3.8, 4) is 0 Å². The van der Waals surface area contributed by atoms with Crippen molar-refractivity contribution in [3.63, 3.8) is 0 Å². The van der Waals surface area contributed by atoms with Crippen LogP contribution in [-0.4, -0.2) is 8.74 Å². The predicted octanol–water partition coefficient (Wildman–Crippen LogP) is 6.06. The zero-order valence-corrected chi connectivity index (χ0v) is 12.5. The van der Waals surface area contributed by atoms with E-state index in [1.807, 2.05) is 6.92 Å². The normalized spacial score (nSPS) is 21.2. The topological polar surface area (TPSA) is 0 Å². The summed E-state index contributed by atoms with van der Waals surface area (Å²) < 4.78 is 28.9. The molecular formula is C14H28F2Si. The quantitative estimate of drug-likeness (QED) is 0.236. The van der Waals surface area contributed by atoms with Crippen LogP contribution in [0.5, 0.6) is 0 Å². The number of halogens is 2. The van der Waals surface area contributed by atoms with Crippen LogP contribution in [0.2, 0.25) is 11.1 Å². The monoisotopic (exact) mass is 262 g/mol. The van der Waals surface area contributed by atoms with Crippen molar-refractivity contribution in [3.05, 3.63) is 0 Å². The zero-order chi connectivity index (χ0) is 12.7. The lowest BCUT2D eigenvalue weighted by Gasteiger charge is -2.28. The van der Waals surface area contributed by atoms with Crippen molar-refractivity contribution < 1.29 is 8.22 Å². The second-order valence-electron chi connectivity index (χ2n) is 5.76. The molecule has 3 heteroatoms. The Bertz CT molecular complexity index is 198. The van der Waals surface area contributed by atoms with Crippen LogP contribution in [0.1, 0.15) is 78.1 Å². The smallest absolute Gasteiger partial charge is 0.270 e. The maximum absolute atomic E-state index is 14.4. The summed E-state index contributed by atoms with van der Waals surface area (Å²) in [6.07, 6.45) is 10.0. The maximum atomic E-state index is 14.4. The Kier molecular flexibility index (Phi) is 6.68. The lowest BCUT2D eigenvalue weighted by molar-refractivity contribution is 0.463. The van der Waals surface area contributed by atoms with Gasteiger partial charge in [0.15, 0.2) is 0 Å². The Morgan fingerprint density at radius 1 is 1.06 bits per heavy atom. The van der Waals surface area contributed by atoms with Gasteiger partial charge in [-0.05, 0) is 19.3 Å². The van der Waals surface area contributed by atoms with Gasteiger partial charge in [-0.3, -0.25) is 8.22 Å². The average molecular weight is 262 g/mol. The van der Waals surface area contributed by atoms with Crippen LogP contribution in [0.3, 0.4) is 0 Å².